The molecule has 1 saturated heterocycles. The summed E-state index contributed by atoms with van der Waals surface area (Å²) in [5.41, 5.74) is 1.35. The molecule has 1 fully saturated rings. The van der Waals surface area contributed by atoms with Gasteiger partial charge in [-0.25, -0.2) is 9.59 Å². The molecule has 2 amide bonds. The molecular formula is C18H24N2O5. The second-order valence-electron chi connectivity index (χ2n) is 6.94. The second-order valence-corrected chi connectivity index (χ2v) is 6.94. The van der Waals surface area contributed by atoms with Crippen molar-refractivity contribution in [2.45, 2.75) is 33.3 Å². The van der Waals surface area contributed by atoms with Crippen molar-refractivity contribution in [1.82, 2.24) is 4.90 Å². The van der Waals surface area contributed by atoms with Gasteiger partial charge in [-0.1, -0.05) is 0 Å². The molecule has 0 aromatic heterocycles. The summed E-state index contributed by atoms with van der Waals surface area (Å²) < 4.78 is 10.0. The van der Waals surface area contributed by atoms with E-state index in [9.17, 15) is 14.4 Å². The van der Waals surface area contributed by atoms with E-state index in [0.29, 0.717) is 18.7 Å². The molecule has 0 atom stereocenters. The number of carbonyl (C=O) groups is 3. The van der Waals surface area contributed by atoms with Crippen LogP contribution in [0.15, 0.2) is 18.2 Å². The lowest BCUT2D eigenvalue weighted by Gasteiger charge is -2.35. The van der Waals surface area contributed by atoms with Crippen molar-refractivity contribution in [3.63, 3.8) is 0 Å². The zero-order chi connectivity index (χ0) is 18.8. The predicted octanol–water partition coefficient (Wildman–Crippen LogP) is 2.37. The molecule has 2 rings (SSSR count). The van der Waals surface area contributed by atoms with E-state index in [1.165, 1.54) is 12.0 Å². The van der Waals surface area contributed by atoms with Gasteiger partial charge < -0.3 is 14.4 Å². The van der Waals surface area contributed by atoms with Crippen molar-refractivity contribution in [2.24, 2.45) is 0 Å². The molecule has 25 heavy (non-hydrogen) atoms. The minimum absolute atomic E-state index is 0.0346. The molecule has 1 aliphatic heterocycles. The SMILES string of the molecule is COC(=O)c1ccc(N2CCN(C(=O)OC(C)(C)C)CC2=O)c(C)c1. The highest BCUT2D eigenvalue weighted by Crippen LogP contribution is 2.24. The van der Waals surface area contributed by atoms with Gasteiger partial charge in [0, 0.05) is 18.8 Å². The molecule has 1 aromatic rings. The largest absolute Gasteiger partial charge is 0.465 e. The molecule has 0 N–H and O–H groups in total. The molecule has 1 aromatic carbocycles. The van der Waals surface area contributed by atoms with Gasteiger partial charge in [0.1, 0.15) is 12.1 Å². The first-order chi connectivity index (χ1) is 11.6. The molecule has 0 radical (unpaired) electrons. The Hall–Kier alpha value is -2.57. The number of benzene rings is 1. The van der Waals surface area contributed by atoms with Crippen LogP contribution in [0.3, 0.4) is 0 Å². The van der Waals surface area contributed by atoms with Gasteiger partial charge in [-0.15, -0.1) is 0 Å². The molecule has 1 heterocycles. The minimum Gasteiger partial charge on any atom is -0.465 e. The van der Waals surface area contributed by atoms with E-state index in [4.69, 9.17) is 9.47 Å². The van der Waals surface area contributed by atoms with Crippen LogP contribution in [0.25, 0.3) is 0 Å². The van der Waals surface area contributed by atoms with Gasteiger partial charge in [-0.05, 0) is 51.5 Å². The van der Waals surface area contributed by atoms with E-state index in [1.54, 1.807) is 43.9 Å². The Morgan fingerprint density at radius 3 is 2.36 bits per heavy atom. The summed E-state index contributed by atoms with van der Waals surface area (Å²) in [5, 5.41) is 0. The van der Waals surface area contributed by atoms with Gasteiger partial charge in [0.15, 0.2) is 0 Å². The number of ether oxygens (including phenoxy) is 2. The van der Waals surface area contributed by atoms with Gasteiger partial charge in [0.25, 0.3) is 0 Å². The van der Waals surface area contributed by atoms with Crippen molar-refractivity contribution >= 4 is 23.7 Å². The van der Waals surface area contributed by atoms with Crippen molar-refractivity contribution in [1.29, 1.82) is 0 Å². The van der Waals surface area contributed by atoms with Crippen LogP contribution in [0.2, 0.25) is 0 Å². The van der Waals surface area contributed by atoms with Crippen molar-refractivity contribution in [2.75, 3.05) is 31.6 Å². The number of nitrogens with zero attached hydrogens (tertiary/aromatic N) is 2. The van der Waals surface area contributed by atoms with E-state index >= 15 is 0 Å². The fraction of sp³-hybridized carbons (Fsp3) is 0.500. The van der Waals surface area contributed by atoms with Crippen molar-refractivity contribution in [3.8, 4) is 0 Å². The number of esters is 1. The molecule has 0 spiro atoms. The maximum atomic E-state index is 12.5. The van der Waals surface area contributed by atoms with Crippen LogP contribution in [0.4, 0.5) is 10.5 Å². The number of rotatable bonds is 2. The number of hydrogen-bond acceptors (Lipinski definition) is 5. The summed E-state index contributed by atoms with van der Waals surface area (Å²) in [4.78, 5) is 39.2. The van der Waals surface area contributed by atoms with Crippen LogP contribution in [-0.2, 0) is 14.3 Å². The fourth-order valence-electron chi connectivity index (χ4n) is 2.61. The lowest BCUT2D eigenvalue weighted by molar-refractivity contribution is -0.121. The van der Waals surface area contributed by atoms with Gasteiger partial charge in [-0.3, -0.25) is 9.69 Å². The number of methoxy groups -OCH3 is 1. The van der Waals surface area contributed by atoms with Crippen molar-refractivity contribution in [3.05, 3.63) is 29.3 Å². The van der Waals surface area contributed by atoms with Crippen LogP contribution in [0.5, 0.6) is 0 Å². The molecule has 0 bridgehead atoms. The summed E-state index contributed by atoms with van der Waals surface area (Å²) in [6.07, 6.45) is -0.488. The van der Waals surface area contributed by atoms with Gasteiger partial charge in [0.05, 0.1) is 12.7 Å². The number of amides is 2. The lowest BCUT2D eigenvalue weighted by atomic mass is 10.1. The first-order valence-corrected chi connectivity index (χ1v) is 8.09. The molecule has 0 unspecified atom stereocenters. The zero-order valence-corrected chi connectivity index (χ0v) is 15.3. The molecule has 1 aliphatic rings. The Kier molecular flexibility index (Phi) is 5.35. The Labute approximate surface area is 147 Å². The molecule has 0 aliphatic carbocycles. The molecule has 7 nitrogen and oxygen atoms in total. The fourth-order valence-corrected chi connectivity index (χ4v) is 2.61. The number of aryl methyl sites for hydroxylation is 1. The average Bonchev–Trinajstić information content (AvgIpc) is 2.52. The summed E-state index contributed by atoms with van der Waals surface area (Å²) in [6, 6.07) is 5.04. The van der Waals surface area contributed by atoms with E-state index in [-0.39, 0.29) is 12.5 Å². The maximum Gasteiger partial charge on any atom is 0.410 e. The summed E-state index contributed by atoms with van der Waals surface area (Å²) in [6.45, 7) is 7.91. The van der Waals surface area contributed by atoms with Gasteiger partial charge >= 0.3 is 12.1 Å². The quantitative estimate of drug-likeness (QED) is 0.767. The van der Waals surface area contributed by atoms with E-state index in [2.05, 4.69) is 0 Å². The summed E-state index contributed by atoms with van der Waals surface area (Å²) in [5.74, 6) is -0.609. The smallest absolute Gasteiger partial charge is 0.410 e. The third kappa shape index (κ3) is 4.49. The molecule has 7 heteroatoms. The minimum atomic E-state index is -0.600. The van der Waals surface area contributed by atoms with E-state index in [1.807, 2.05) is 6.92 Å². The van der Waals surface area contributed by atoms with Gasteiger partial charge in [0.2, 0.25) is 5.91 Å². The van der Waals surface area contributed by atoms with Crippen LogP contribution < -0.4 is 4.90 Å². The first kappa shape index (κ1) is 18.8. The third-order valence-corrected chi connectivity index (χ3v) is 3.78. The van der Waals surface area contributed by atoms with Crippen LogP contribution >= 0.6 is 0 Å². The zero-order valence-electron chi connectivity index (χ0n) is 15.3. The first-order valence-electron chi connectivity index (χ1n) is 8.09. The second kappa shape index (κ2) is 7.13. The van der Waals surface area contributed by atoms with Crippen LogP contribution in [0, 0.1) is 6.92 Å². The van der Waals surface area contributed by atoms with Crippen LogP contribution in [0.1, 0.15) is 36.7 Å². The Bertz CT molecular complexity index is 693. The third-order valence-electron chi connectivity index (χ3n) is 3.78. The Morgan fingerprint density at radius 2 is 1.84 bits per heavy atom. The van der Waals surface area contributed by atoms with Crippen LogP contribution in [-0.4, -0.2) is 55.2 Å². The van der Waals surface area contributed by atoms with E-state index in [0.717, 1.165) is 11.3 Å². The normalized spacial score (nSPS) is 15.2. The Balaban J connectivity index is 2.10. The molecular weight excluding hydrogens is 324 g/mol. The summed E-state index contributed by atoms with van der Waals surface area (Å²) >= 11 is 0. The highest BCUT2D eigenvalue weighted by Gasteiger charge is 2.31. The number of anilines is 1. The van der Waals surface area contributed by atoms with Crippen molar-refractivity contribution < 1.29 is 23.9 Å². The summed E-state index contributed by atoms with van der Waals surface area (Å²) in [7, 11) is 1.32. The topological polar surface area (TPSA) is 76.2 Å². The number of carbonyl (C=O) groups excluding carboxylic acids is 3. The molecule has 136 valence electrons. The maximum absolute atomic E-state index is 12.5. The van der Waals surface area contributed by atoms with Gasteiger partial charge in [-0.2, -0.15) is 0 Å². The van der Waals surface area contributed by atoms with E-state index < -0.39 is 17.7 Å². The molecule has 0 saturated carbocycles. The monoisotopic (exact) mass is 348 g/mol. The standard InChI is InChI=1S/C18H24N2O5/c1-12-10-13(16(22)24-5)6-7-14(12)20-9-8-19(11-15(20)21)17(23)25-18(2,3)4/h6-7,10H,8-9,11H2,1-5H3. The Morgan fingerprint density at radius 1 is 1.16 bits per heavy atom. The number of piperazine rings is 1. The average molecular weight is 348 g/mol. The number of hydrogen-bond donors (Lipinski definition) is 0. The highest BCUT2D eigenvalue weighted by atomic mass is 16.6. The highest BCUT2D eigenvalue weighted by molar-refractivity contribution is 5.98. The lowest BCUT2D eigenvalue weighted by Crippen LogP contribution is -2.53. The predicted molar refractivity (Wildman–Crippen MR) is 92.7 cm³/mol.